The Morgan fingerprint density at radius 3 is 1.52 bits per heavy atom. The molecule has 230 valence electrons. The van der Waals surface area contributed by atoms with E-state index in [1.165, 1.54) is 42.5 Å². The van der Waals surface area contributed by atoms with Crippen LogP contribution in [0, 0.1) is 6.92 Å². The van der Waals surface area contributed by atoms with Crippen LogP contribution in [0.15, 0.2) is 65.5 Å². The van der Waals surface area contributed by atoms with Crippen LogP contribution in [0.5, 0.6) is 0 Å². The average molecular weight is 630 g/mol. The Balaban J connectivity index is 2.27. The van der Waals surface area contributed by atoms with Crippen molar-refractivity contribution < 1.29 is 65.9 Å². The first-order valence-electron chi connectivity index (χ1n) is 11.0. The second-order valence-corrected chi connectivity index (χ2v) is 8.79. The minimum atomic E-state index is -8.45. The summed E-state index contributed by atoms with van der Waals surface area (Å²) in [6.07, 6.45) is -7.71. The van der Waals surface area contributed by atoms with Gasteiger partial charge < -0.3 is 0 Å². The van der Waals surface area contributed by atoms with Crippen molar-refractivity contribution >= 4 is 0 Å². The quantitative estimate of drug-likeness (QED) is 0.236. The van der Waals surface area contributed by atoms with Gasteiger partial charge in [-0.15, -0.1) is 0 Å². The molecule has 0 amide bonds. The monoisotopic (exact) mass is 630 g/mol. The topological polar surface area (TPSA) is 34.9 Å². The summed E-state index contributed by atoms with van der Waals surface area (Å²) in [6, 6.07) is 11.0. The summed E-state index contributed by atoms with van der Waals surface area (Å²) < 4.78 is 206. The van der Waals surface area contributed by atoms with E-state index in [0.717, 1.165) is 12.1 Å². The van der Waals surface area contributed by atoms with Crippen molar-refractivity contribution in [1.82, 2.24) is 9.55 Å². The van der Waals surface area contributed by atoms with Crippen molar-refractivity contribution in [3.63, 3.8) is 0 Å². The summed E-state index contributed by atoms with van der Waals surface area (Å²) in [5, 5.41) is 0. The molecule has 0 unspecified atom stereocenters. The van der Waals surface area contributed by atoms with Crippen molar-refractivity contribution in [1.29, 1.82) is 0 Å². The molecule has 0 saturated carbocycles. The maximum absolute atomic E-state index is 14.9. The van der Waals surface area contributed by atoms with Crippen LogP contribution in [0.2, 0.25) is 0 Å². The lowest BCUT2D eigenvalue weighted by molar-refractivity contribution is -0.454. The van der Waals surface area contributed by atoms with Crippen molar-refractivity contribution in [2.45, 2.75) is 48.6 Å². The SMILES string of the molecule is Cc1ccc(-n2c(-c3ccccc3)cc(C(F)(F)C(F)(F)C(F)(F)C(F)(F)C(F)(F)C(F)(F)C(F)(F)F)nc2=O)cc1. The van der Waals surface area contributed by atoms with Crippen LogP contribution in [0.4, 0.5) is 65.9 Å². The lowest BCUT2D eigenvalue weighted by Crippen LogP contribution is -2.72. The first-order chi connectivity index (χ1) is 18.9. The van der Waals surface area contributed by atoms with Crippen LogP contribution >= 0.6 is 0 Å². The molecule has 1 aromatic heterocycles. The second kappa shape index (κ2) is 9.93. The van der Waals surface area contributed by atoms with Crippen LogP contribution in [0.25, 0.3) is 16.9 Å². The number of aryl methyl sites for hydroxylation is 1. The molecule has 3 aromatic rings. The molecule has 0 aliphatic heterocycles. The van der Waals surface area contributed by atoms with Crippen LogP contribution in [-0.2, 0) is 5.92 Å². The van der Waals surface area contributed by atoms with Gasteiger partial charge in [-0.05, 0) is 30.7 Å². The third kappa shape index (κ3) is 4.67. The molecular weight excluding hydrogens is 617 g/mol. The van der Waals surface area contributed by atoms with Gasteiger partial charge in [0.2, 0.25) is 0 Å². The van der Waals surface area contributed by atoms with E-state index >= 15 is 0 Å². The fourth-order valence-electron chi connectivity index (χ4n) is 3.54. The van der Waals surface area contributed by atoms with E-state index in [4.69, 9.17) is 0 Å². The fraction of sp³-hybridized carbons (Fsp3) is 0.333. The maximum Gasteiger partial charge on any atom is 0.460 e. The third-order valence-electron chi connectivity index (χ3n) is 5.93. The molecule has 0 fully saturated rings. The number of hydrogen-bond donors (Lipinski definition) is 0. The smallest absolute Gasteiger partial charge is 0.261 e. The predicted molar refractivity (Wildman–Crippen MR) is 115 cm³/mol. The molecule has 0 aliphatic rings. The van der Waals surface area contributed by atoms with E-state index in [1.54, 1.807) is 6.92 Å². The van der Waals surface area contributed by atoms with Crippen LogP contribution in [0.1, 0.15) is 11.3 Å². The molecule has 3 rings (SSSR count). The zero-order valence-corrected chi connectivity index (χ0v) is 20.2. The Morgan fingerprint density at radius 2 is 1.05 bits per heavy atom. The number of hydrogen-bond acceptors (Lipinski definition) is 2. The molecule has 2 aromatic carbocycles. The zero-order valence-electron chi connectivity index (χ0n) is 20.2. The zero-order chi connectivity index (χ0) is 32.3. The number of nitrogens with zero attached hydrogens (tertiary/aromatic N) is 2. The number of rotatable bonds is 8. The minimum absolute atomic E-state index is 0.163. The summed E-state index contributed by atoms with van der Waals surface area (Å²) >= 11 is 0. The summed E-state index contributed by atoms with van der Waals surface area (Å²) in [7, 11) is 0. The van der Waals surface area contributed by atoms with Gasteiger partial charge in [-0.1, -0.05) is 48.0 Å². The predicted octanol–water partition coefficient (Wildman–Crippen LogP) is 8.04. The molecule has 0 atom stereocenters. The molecular formula is C24H13F15N2O. The number of benzene rings is 2. The normalized spacial score (nSPS) is 14.3. The molecule has 0 saturated heterocycles. The summed E-state index contributed by atoms with van der Waals surface area (Å²) in [5.74, 6) is -47.9. The highest BCUT2D eigenvalue weighted by Gasteiger charge is 2.93. The first kappa shape index (κ1) is 32.8. The lowest BCUT2D eigenvalue weighted by atomic mass is 9.90. The Labute approximate surface area is 224 Å². The fourth-order valence-corrected chi connectivity index (χ4v) is 3.54. The molecule has 1 heterocycles. The molecule has 3 nitrogen and oxygen atoms in total. The Kier molecular flexibility index (Phi) is 7.75. The number of aromatic nitrogens is 2. The van der Waals surface area contributed by atoms with E-state index in [1.807, 2.05) is 0 Å². The summed E-state index contributed by atoms with van der Waals surface area (Å²) in [5.41, 5.74) is -5.25. The molecule has 0 radical (unpaired) electrons. The first-order valence-corrected chi connectivity index (χ1v) is 11.0. The highest BCUT2D eigenvalue weighted by molar-refractivity contribution is 5.63. The van der Waals surface area contributed by atoms with Crippen LogP contribution < -0.4 is 5.69 Å². The van der Waals surface area contributed by atoms with E-state index in [9.17, 15) is 70.7 Å². The molecule has 0 spiro atoms. The van der Waals surface area contributed by atoms with E-state index in [2.05, 4.69) is 4.98 Å². The summed E-state index contributed by atoms with van der Waals surface area (Å²) in [4.78, 5) is 15.3. The van der Waals surface area contributed by atoms with Crippen molar-refractivity contribution in [3.8, 4) is 16.9 Å². The third-order valence-corrected chi connectivity index (χ3v) is 5.93. The molecule has 42 heavy (non-hydrogen) atoms. The Morgan fingerprint density at radius 1 is 0.595 bits per heavy atom. The van der Waals surface area contributed by atoms with Crippen molar-refractivity contribution in [2.24, 2.45) is 0 Å². The highest BCUT2D eigenvalue weighted by atomic mass is 19.4. The summed E-state index contributed by atoms with van der Waals surface area (Å²) in [6.45, 7) is 1.58. The van der Waals surface area contributed by atoms with Crippen LogP contribution in [-0.4, -0.2) is 45.3 Å². The van der Waals surface area contributed by atoms with Gasteiger partial charge in [-0.2, -0.15) is 70.8 Å². The van der Waals surface area contributed by atoms with Crippen LogP contribution in [0.3, 0.4) is 0 Å². The van der Waals surface area contributed by atoms with Crippen molar-refractivity contribution in [2.75, 3.05) is 0 Å². The van der Waals surface area contributed by atoms with E-state index < -0.39 is 58.8 Å². The highest BCUT2D eigenvalue weighted by Crippen LogP contribution is 2.63. The standard InChI is InChI=1S/C24H13F15N2O/c1-12-7-9-14(10-8-12)41-15(13-5-3-2-4-6-13)11-16(40-17(41)42)18(25,26)19(27,28)20(29,30)21(31,32)22(33,34)23(35,36)24(37,38)39/h2-11H,1H3. The van der Waals surface area contributed by atoms with Gasteiger partial charge in [0, 0.05) is 0 Å². The van der Waals surface area contributed by atoms with Crippen molar-refractivity contribution in [3.05, 3.63) is 82.4 Å². The minimum Gasteiger partial charge on any atom is -0.261 e. The van der Waals surface area contributed by atoms with Gasteiger partial charge in [-0.25, -0.2) is 4.79 Å². The molecule has 0 aliphatic carbocycles. The van der Waals surface area contributed by atoms with Gasteiger partial charge in [-0.3, -0.25) is 4.57 Å². The van der Waals surface area contributed by atoms with Gasteiger partial charge in [0.25, 0.3) is 0 Å². The second-order valence-electron chi connectivity index (χ2n) is 8.79. The number of alkyl halides is 15. The van der Waals surface area contributed by atoms with Gasteiger partial charge in [0.15, 0.2) is 0 Å². The van der Waals surface area contributed by atoms with E-state index in [-0.39, 0.29) is 17.3 Å². The lowest BCUT2D eigenvalue weighted by Gasteiger charge is -2.41. The van der Waals surface area contributed by atoms with Gasteiger partial charge in [0.1, 0.15) is 5.69 Å². The Hall–Kier alpha value is -3.73. The maximum atomic E-state index is 14.9. The molecule has 18 heteroatoms. The molecule has 0 N–H and O–H groups in total. The number of halogens is 15. The van der Waals surface area contributed by atoms with Gasteiger partial charge >= 0.3 is 47.4 Å². The Bertz CT molecular complexity index is 1490. The average Bonchev–Trinajstić information content (AvgIpc) is 2.88. The largest absolute Gasteiger partial charge is 0.460 e. The van der Waals surface area contributed by atoms with Gasteiger partial charge in [0.05, 0.1) is 11.4 Å². The van der Waals surface area contributed by atoms with E-state index in [0.29, 0.717) is 10.1 Å². The molecule has 0 bridgehead atoms.